The fraction of sp³-hybridized carbons (Fsp3) is 0.238. The summed E-state index contributed by atoms with van der Waals surface area (Å²) >= 11 is 0. The minimum Gasteiger partial charge on any atom is -0.318 e. The van der Waals surface area contributed by atoms with Crippen molar-refractivity contribution in [1.82, 2.24) is 4.57 Å². The Hall–Kier alpha value is -2.68. The number of para-hydroxylation sites is 1. The summed E-state index contributed by atoms with van der Waals surface area (Å²) in [6.45, 7) is 8.54. The maximum absolute atomic E-state index is 12.9. The second kappa shape index (κ2) is 6.44. The van der Waals surface area contributed by atoms with Crippen LogP contribution in [0.25, 0.3) is 5.69 Å². The number of aryl methyl sites for hydroxylation is 2. The van der Waals surface area contributed by atoms with Gasteiger partial charge in [-0.1, -0.05) is 18.2 Å². The average Bonchev–Trinajstić information content (AvgIpc) is 2.87. The SMILES string of the molecule is Cc1ccc[n+](CC(=O)c2cc(C)n(-c3ccccc3)c2C)c1C. The molecule has 0 aliphatic heterocycles. The molecule has 0 N–H and O–H groups in total. The van der Waals surface area contributed by atoms with Crippen molar-refractivity contribution >= 4 is 5.78 Å². The van der Waals surface area contributed by atoms with Crippen molar-refractivity contribution in [3.63, 3.8) is 0 Å². The van der Waals surface area contributed by atoms with Crippen LogP contribution >= 0.6 is 0 Å². The number of pyridine rings is 1. The van der Waals surface area contributed by atoms with Gasteiger partial charge < -0.3 is 4.57 Å². The monoisotopic (exact) mass is 319 g/mol. The molecular formula is C21H23N2O+. The van der Waals surface area contributed by atoms with Gasteiger partial charge in [-0.15, -0.1) is 0 Å². The molecule has 0 aliphatic rings. The summed E-state index contributed by atoms with van der Waals surface area (Å²) in [5.41, 5.74) is 6.28. The topological polar surface area (TPSA) is 25.9 Å². The number of hydrogen-bond acceptors (Lipinski definition) is 1. The van der Waals surface area contributed by atoms with Gasteiger partial charge in [0.1, 0.15) is 0 Å². The standard InChI is InChI=1S/C21H23N2O/c1-15-9-8-12-22(17(15)3)14-21(24)20-13-16(2)23(18(20)4)19-10-6-5-7-11-19/h5-13H,14H2,1-4H3/q+1. The zero-order valence-corrected chi connectivity index (χ0v) is 14.7. The average molecular weight is 319 g/mol. The summed E-state index contributed by atoms with van der Waals surface area (Å²) in [5, 5.41) is 0. The van der Waals surface area contributed by atoms with Crippen molar-refractivity contribution in [2.45, 2.75) is 34.2 Å². The van der Waals surface area contributed by atoms with Crippen LogP contribution in [0.15, 0.2) is 54.7 Å². The quantitative estimate of drug-likeness (QED) is 0.529. The van der Waals surface area contributed by atoms with Gasteiger partial charge in [0.05, 0.1) is 0 Å². The number of hydrogen-bond donors (Lipinski definition) is 0. The fourth-order valence-corrected chi connectivity index (χ4v) is 3.18. The van der Waals surface area contributed by atoms with Crippen LogP contribution in [0.5, 0.6) is 0 Å². The molecule has 0 bridgehead atoms. The molecule has 1 aromatic carbocycles. The zero-order chi connectivity index (χ0) is 17.3. The number of aromatic nitrogens is 2. The minimum atomic E-state index is 0.143. The molecule has 0 atom stereocenters. The first kappa shape index (κ1) is 16.2. The van der Waals surface area contributed by atoms with Crippen molar-refractivity contribution in [2.24, 2.45) is 0 Å². The Labute approximate surface area is 143 Å². The van der Waals surface area contributed by atoms with Gasteiger partial charge in [-0.05, 0) is 45.0 Å². The van der Waals surface area contributed by atoms with E-state index in [1.807, 2.05) is 54.9 Å². The highest BCUT2D eigenvalue weighted by atomic mass is 16.1. The van der Waals surface area contributed by atoms with E-state index in [1.54, 1.807) is 0 Å². The van der Waals surface area contributed by atoms with Gasteiger partial charge in [-0.3, -0.25) is 4.79 Å². The summed E-state index contributed by atoms with van der Waals surface area (Å²) in [4.78, 5) is 12.9. The Morgan fingerprint density at radius 3 is 2.42 bits per heavy atom. The second-order valence-electron chi connectivity index (χ2n) is 6.28. The Bertz CT molecular complexity index is 892. The van der Waals surface area contributed by atoms with Crippen LogP contribution in [0.2, 0.25) is 0 Å². The van der Waals surface area contributed by atoms with Gasteiger partial charge in [0.15, 0.2) is 11.9 Å². The molecule has 3 rings (SSSR count). The number of carbonyl (C=O) groups is 1. The van der Waals surface area contributed by atoms with Crippen molar-refractivity contribution in [3.05, 3.63) is 82.9 Å². The van der Waals surface area contributed by atoms with Gasteiger partial charge in [0, 0.05) is 41.2 Å². The molecule has 2 heterocycles. The molecule has 0 spiro atoms. The molecular weight excluding hydrogens is 296 g/mol. The van der Waals surface area contributed by atoms with E-state index in [9.17, 15) is 4.79 Å². The molecule has 3 heteroatoms. The third kappa shape index (κ3) is 2.90. The van der Waals surface area contributed by atoms with E-state index in [0.29, 0.717) is 6.54 Å². The lowest BCUT2D eigenvalue weighted by molar-refractivity contribution is -0.689. The van der Waals surface area contributed by atoms with E-state index in [-0.39, 0.29) is 5.78 Å². The Morgan fingerprint density at radius 1 is 1.00 bits per heavy atom. The van der Waals surface area contributed by atoms with Crippen molar-refractivity contribution in [1.29, 1.82) is 0 Å². The zero-order valence-electron chi connectivity index (χ0n) is 14.7. The van der Waals surface area contributed by atoms with E-state index in [2.05, 4.69) is 36.6 Å². The molecule has 122 valence electrons. The van der Waals surface area contributed by atoms with Gasteiger partial charge >= 0.3 is 0 Å². The maximum Gasteiger partial charge on any atom is 0.229 e. The second-order valence-corrected chi connectivity index (χ2v) is 6.28. The first-order valence-electron chi connectivity index (χ1n) is 8.22. The van der Waals surface area contributed by atoms with E-state index in [1.165, 1.54) is 5.56 Å². The van der Waals surface area contributed by atoms with Gasteiger partial charge in [-0.2, -0.15) is 4.57 Å². The molecule has 0 fully saturated rings. The Kier molecular flexibility index (Phi) is 4.34. The molecule has 0 radical (unpaired) electrons. The number of nitrogens with zero attached hydrogens (tertiary/aromatic N) is 2. The summed E-state index contributed by atoms with van der Waals surface area (Å²) in [6.07, 6.45) is 1.97. The summed E-state index contributed by atoms with van der Waals surface area (Å²) in [5.74, 6) is 0.143. The largest absolute Gasteiger partial charge is 0.318 e. The number of carbonyl (C=O) groups excluding carboxylic acids is 1. The lowest BCUT2D eigenvalue weighted by Gasteiger charge is -2.09. The molecule has 3 nitrogen and oxygen atoms in total. The highest BCUT2D eigenvalue weighted by Gasteiger charge is 2.21. The number of benzene rings is 1. The third-order valence-electron chi connectivity index (χ3n) is 4.67. The Balaban J connectivity index is 1.96. The van der Waals surface area contributed by atoms with Crippen LogP contribution in [-0.2, 0) is 6.54 Å². The van der Waals surface area contributed by atoms with Crippen molar-refractivity contribution in [2.75, 3.05) is 0 Å². The predicted molar refractivity (Wildman–Crippen MR) is 95.7 cm³/mol. The smallest absolute Gasteiger partial charge is 0.229 e. The summed E-state index contributed by atoms with van der Waals surface area (Å²) in [7, 11) is 0. The Morgan fingerprint density at radius 2 is 1.71 bits per heavy atom. The van der Waals surface area contributed by atoms with Crippen LogP contribution in [0.1, 0.15) is 33.0 Å². The van der Waals surface area contributed by atoms with Crippen molar-refractivity contribution in [3.8, 4) is 5.69 Å². The summed E-state index contributed by atoms with van der Waals surface area (Å²) < 4.78 is 4.16. The fourth-order valence-electron chi connectivity index (χ4n) is 3.18. The molecule has 0 unspecified atom stereocenters. The molecule has 2 aromatic heterocycles. The van der Waals surface area contributed by atoms with Crippen LogP contribution in [-0.4, -0.2) is 10.4 Å². The molecule has 24 heavy (non-hydrogen) atoms. The van der Waals surface area contributed by atoms with Gasteiger partial charge in [0.25, 0.3) is 0 Å². The lowest BCUT2D eigenvalue weighted by Crippen LogP contribution is -2.41. The number of Topliss-reactive ketones (excluding diaryl/α,β-unsaturated/α-hetero) is 1. The number of ketones is 1. The predicted octanol–water partition coefficient (Wildman–Crippen LogP) is 3.88. The molecule has 0 saturated heterocycles. The first-order chi connectivity index (χ1) is 11.5. The lowest BCUT2D eigenvalue weighted by atomic mass is 10.1. The molecule has 0 amide bonds. The summed E-state index contributed by atoms with van der Waals surface area (Å²) in [6, 6.07) is 16.2. The molecule has 0 aliphatic carbocycles. The van der Waals surface area contributed by atoms with Crippen LogP contribution in [0.4, 0.5) is 0 Å². The highest BCUT2D eigenvalue weighted by Crippen LogP contribution is 2.21. The third-order valence-corrected chi connectivity index (χ3v) is 4.67. The normalized spacial score (nSPS) is 10.8. The van der Waals surface area contributed by atoms with Crippen molar-refractivity contribution < 1.29 is 9.36 Å². The maximum atomic E-state index is 12.9. The minimum absolute atomic E-state index is 0.143. The van der Waals surface area contributed by atoms with E-state index < -0.39 is 0 Å². The van der Waals surface area contributed by atoms with E-state index >= 15 is 0 Å². The molecule has 0 saturated carbocycles. The van der Waals surface area contributed by atoms with Crippen LogP contribution < -0.4 is 4.57 Å². The van der Waals surface area contributed by atoms with Gasteiger partial charge in [-0.25, -0.2) is 0 Å². The van der Waals surface area contributed by atoms with E-state index in [4.69, 9.17) is 0 Å². The highest BCUT2D eigenvalue weighted by molar-refractivity contribution is 5.96. The van der Waals surface area contributed by atoms with Gasteiger partial charge in [0.2, 0.25) is 12.3 Å². The van der Waals surface area contributed by atoms with Crippen LogP contribution in [0, 0.1) is 27.7 Å². The van der Waals surface area contributed by atoms with E-state index in [0.717, 1.165) is 28.3 Å². The number of rotatable bonds is 4. The first-order valence-corrected chi connectivity index (χ1v) is 8.22. The van der Waals surface area contributed by atoms with Crippen LogP contribution in [0.3, 0.4) is 0 Å². The molecule has 3 aromatic rings.